The molecule has 0 aliphatic carbocycles. The molecule has 190 valence electrons. The molecule has 0 unspecified atom stereocenters. The lowest BCUT2D eigenvalue weighted by atomic mass is 10.0. The molecule has 0 spiro atoms. The van der Waals surface area contributed by atoms with Gasteiger partial charge in [-0.3, -0.25) is 19.5 Å². The fourth-order valence-corrected chi connectivity index (χ4v) is 4.18. The molecule has 3 rings (SSSR count). The van der Waals surface area contributed by atoms with Crippen LogP contribution in [0.25, 0.3) is 0 Å². The highest BCUT2D eigenvalue weighted by atomic mass is 16.5. The zero-order valence-corrected chi connectivity index (χ0v) is 21.2. The van der Waals surface area contributed by atoms with Crippen LogP contribution in [0.4, 0.5) is 5.69 Å². The Bertz CT molecular complexity index is 987. The Kier molecular flexibility index (Phi) is 9.59. The van der Waals surface area contributed by atoms with Crippen LogP contribution in [0.3, 0.4) is 0 Å². The van der Waals surface area contributed by atoms with E-state index < -0.39 is 0 Å². The largest absolute Gasteiger partial charge is 0.491 e. The number of nitrogens with one attached hydrogen (secondary N) is 1. The van der Waals surface area contributed by atoms with Crippen molar-refractivity contribution >= 4 is 17.5 Å². The molecule has 0 bridgehead atoms. The molecule has 1 N–H and O–H groups in total. The van der Waals surface area contributed by atoms with E-state index in [9.17, 15) is 9.59 Å². The van der Waals surface area contributed by atoms with Crippen molar-refractivity contribution in [3.63, 3.8) is 0 Å². The Morgan fingerprint density at radius 1 is 1.20 bits per heavy atom. The first-order chi connectivity index (χ1) is 16.8. The number of likely N-dealkylation sites (N-methyl/N-ethyl adjacent to an activating group) is 1. The highest BCUT2D eigenvalue weighted by molar-refractivity contribution is 5.99. The summed E-state index contributed by atoms with van der Waals surface area (Å²) < 4.78 is 16.9. The number of methoxy groups -OCH3 is 2. The van der Waals surface area contributed by atoms with Crippen LogP contribution in [0.15, 0.2) is 42.6 Å². The predicted octanol–water partition coefficient (Wildman–Crippen LogP) is 2.67. The van der Waals surface area contributed by atoms with E-state index in [1.165, 1.54) is 7.11 Å². The van der Waals surface area contributed by atoms with E-state index in [4.69, 9.17) is 14.2 Å². The third-order valence-electron chi connectivity index (χ3n) is 6.22. The maximum absolute atomic E-state index is 13.4. The van der Waals surface area contributed by atoms with Crippen molar-refractivity contribution in [1.82, 2.24) is 14.8 Å². The second kappa shape index (κ2) is 12.6. The molecule has 1 aromatic heterocycles. The summed E-state index contributed by atoms with van der Waals surface area (Å²) in [6, 6.07) is 11.1. The summed E-state index contributed by atoms with van der Waals surface area (Å²) in [6.07, 6.45) is 1.64. The fraction of sp³-hybridized carbons (Fsp3) is 0.500. The average Bonchev–Trinajstić information content (AvgIpc) is 2.85. The summed E-state index contributed by atoms with van der Waals surface area (Å²) in [6.45, 7) is 6.42. The molecule has 0 saturated carbocycles. The van der Waals surface area contributed by atoms with Crippen LogP contribution < -0.4 is 10.1 Å². The Morgan fingerprint density at radius 3 is 2.69 bits per heavy atom. The summed E-state index contributed by atoms with van der Waals surface area (Å²) in [5.74, 6) is 0.129. The maximum atomic E-state index is 13.4. The molecule has 35 heavy (non-hydrogen) atoms. The minimum atomic E-state index is -0.297. The Labute approximate surface area is 207 Å². The SMILES string of the molecule is COCC(=O)Nc1ccc2c(c1)C(=O)N(C)C[C@H](OC)[C@H](C)CN(Cc1ccccn1)[C@@H](C)CO2. The molecule has 2 heterocycles. The van der Waals surface area contributed by atoms with Crippen molar-refractivity contribution in [2.75, 3.05) is 52.9 Å². The number of aromatic nitrogens is 1. The topological polar surface area (TPSA) is 93.2 Å². The van der Waals surface area contributed by atoms with Gasteiger partial charge in [-0.15, -0.1) is 0 Å². The van der Waals surface area contributed by atoms with Crippen molar-refractivity contribution in [2.24, 2.45) is 5.92 Å². The van der Waals surface area contributed by atoms with Gasteiger partial charge in [0.25, 0.3) is 5.91 Å². The number of carbonyl (C=O) groups is 2. The van der Waals surface area contributed by atoms with Gasteiger partial charge in [-0.05, 0) is 43.2 Å². The first-order valence-corrected chi connectivity index (χ1v) is 11.8. The lowest BCUT2D eigenvalue weighted by Crippen LogP contribution is -2.46. The fourth-order valence-electron chi connectivity index (χ4n) is 4.18. The van der Waals surface area contributed by atoms with E-state index in [1.54, 1.807) is 43.5 Å². The van der Waals surface area contributed by atoms with E-state index in [0.29, 0.717) is 36.7 Å². The molecule has 0 fully saturated rings. The van der Waals surface area contributed by atoms with Crippen molar-refractivity contribution in [1.29, 1.82) is 0 Å². The molecule has 9 nitrogen and oxygen atoms in total. The zero-order valence-electron chi connectivity index (χ0n) is 21.2. The minimum Gasteiger partial charge on any atom is -0.491 e. The number of hydrogen-bond donors (Lipinski definition) is 1. The summed E-state index contributed by atoms with van der Waals surface area (Å²) in [4.78, 5) is 33.9. The van der Waals surface area contributed by atoms with Crippen LogP contribution in [0, 0.1) is 5.92 Å². The van der Waals surface area contributed by atoms with Crippen LogP contribution in [0.2, 0.25) is 0 Å². The monoisotopic (exact) mass is 484 g/mol. The lowest BCUT2D eigenvalue weighted by Gasteiger charge is -2.35. The maximum Gasteiger partial charge on any atom is 0.257 e. The first-order valence-electron chi connectivity index (χ1n) is 11.8. The van der Waals surface area contributed by atoms with E-state index >= 15 is 0 Å². The molecule has 3 atom stereocenters. The second-order valence-corrected chi connectivity index (χ2v) is 9.04. The molecular formula is C26H36N4O5. The zero-order chi connectivity index (χ0) is 25.4. The highest BCUT2D eigenvalue weighted by Gasteiger charge is 2.28. The number of amides is 2. The Balaban J connectivity index is 1.92. The molecular weight excluding hydrogens is 448 g/mol. The van der Waals surface area contributed by atoms with Gasteiger partial charge in [-0.2, -0.15) is 0 Å². The van der Waals surface area contributed by atoms with Gasteiger partial charge in [0.2, 0.25) is 5.91 Å². The van der Waals surface area contributed by atoms with Gasteiger partial charge in [-0.25, -0.2) is 0 Å². The molecule has 0 saturated heterocycles. The van der Waals surface area contributed by atoms with Crippen LogP contribution >= 0.6 is 0 Å². The third-order valence-corrected chi connectivity index (χ3v) is 6.22. The molecule has 2 amide bonds. The number of fused-ring (bicyclic) bond motifs is 1. The second-order valence-electron chi connectivity index (χ2n) is 9.04. The lowest BCUT2D eigenvalue weighted by molar-refractivity contribution is -0.119. The summed E-state index contributed by atoms with van der Waals surface area (Å²) >= 11 is 0. The number of ether oxygens (including phenoxy) is 3. The van der Waals surface area contributed by atoms with Gasteiger partial charge in [0, 0.05) is 58.8 Å². The average molecular weight is 485 g/mol. The van der Waals surface area contributed by atoms with Crippen molar-refractivity contribution in [2.45, 2.75) is 32.5 Å². The third kappa shape index (κ3) is 7.24. The van der Waals surface area contributed by atoms with Crippen LogP contribution in [0.1, 0.15) is 29.9 Å². The number of rotatable bonds is 6. The van der Waals surface area contributed by atoms with Crippen molar-refractivity contribution in [3.05, 3.63) is 53.9 Å². The van der Waals surface area contributed by atoms with Crippen molar-refractivity contribution in [3.8, 4) is 5.75 Å². The molecule has 9 heteroatoms. The van der Waals surface area contributed by atoms with E-state index in [-0.39, 0.29) is 36.5 Å². The normalized spacial score (nSPS) is 21.9. The number of hydrogen-bond acceptors (Lipinski definition) is 7. The van der Waals surface area contributed by atoms with Crippen LogP contribution in [-0.2, 0) is 20.8 Å². The highest BCUT2D eigenvalue weighted by Crippen LogP contribution is 2.26. The number of benzene rings is 1. The van der Waals surface area contributed by atoms with E-state index in [2.05, 4.69) is 29.0 Å². The number of pyridine rings is 1. The predicted molar refractivity (Wildman–Crippen MR) is 133 cm³/mol. The van der Waals surface area contributed by atoms with Gasteiger partial charge in [0.1, 0.15) is 19.0 Å². The standard InChI is InChI=1S/C26H36N4O5/c1-18-13-30(14-21-8-6-7-11-27-21)19(2)16-35-23-10-9-20(28-25(31)17-33-4)12-22(23)26(32)29(3)15-24(18)34-5/h6-12,18-19,24H,13-17H2,1-5H3,(H,28,31)/t18-,19+,24+/m1/s1. The smallest absolute Gasteiger partial charge is 0.257 e. The van der Waals surface area contributed by atoms with Gasteiger partial charge in [0.15, 0.2) is 0 Å². The Hall–Kier alpha value is -3.01. The number of carbonyl (C=O) groups excluding carboxylic acids is 2. The van der Waals surface area contributed by atoms with E-state index in [0.717, 1.165) is 12.2 Å². The summed E-state index contributed by atoms with van der Waals surface area (Å²) in [5.41, 5.74) is 1.87. The summed E-state index contributed by atoms with van der Waals surface area (Å²) in [7, 11) is 4.88. The summed E-state index contributed by atoms with van der Waals surface area (Å²) in [5, 5.41) is 2.75. The molecule has 0 radical (unpaired) electrons. The van der Waals surface area contributed by atoms with Crippen molar-refractivity contribution < 1.29 is 23.8 Å². The number of nitrogens with zero attached hydrogens (tertiary/aromatic N) is 3. The Morgan fingerprint density at radius 2 is 2.00 bits per heavy atom. The molecule has 1 aliphatic heterocycles. The quantitative estimate of drug-likeness (QED) is 0.674. The van der Waals surface area contributed by atoms with Gasteiger partial charge >= 0.3 is 0 Å². The van der Waals surface area contributed by atoms with E-state index in [1.807, 2.05) is 18.2 Å². The van der Waals surface area contributed by atoms with Crippen LogP contribution in [0.5, 0.6) is 5.75 Å². The minimum absolute atomic E-state index is 0.0538. The molecule has 2 aromatic rings. The van der Waals surface area contributed by atoms with Gasteiger partial charge < -0.3 is 24.4 Å². The molecule has 1 aromatic carbocycles. The molecule has 1 aliphatic rings. The van der Waals surface area contributed by atoms with Crippen LogP contribution in [-0.4, -0.2) is 86.3 Å². The first kappa shape index (κ1) is 26.6. The van der Waals surface area contributed by atoms with Gasteiger partial charge in [-0.1, -0.05) is 13.0 Å². The van der Waals surface area contributed by atoms with Gasteiger partial charge in [0.05, 0.1) is 17.4 Å². The number of anilines is 1.